The average molecular weight is 487 g/mol. The van der Waals surface area contributed by atoms with Gasteiger partial charge >= 0.3 is 0 Å². The van der Waals surface area contributed by atoms with Crippen molar-refractivity contribution in [2.24, 2.45) is 0 Å². The highest BCUT2D eigenvalue weighted by Gasteiger charge is 2.21. The first-order valence-electron chi connectivity index (χ1n) is 11.8. The third-order valence-corrected chi connectivity index (χ3v) is 9.72. The Labute approximate surface area is 206 Å². The van der Waals surface area contributed by atoms with Gasteiger partial charge in [-0.3, -0.25) is 0 Å². The molecule has 0 saturated heterocycles. The summed E-state index contributed by atoms with van der Waals surface area (Å²) in [5.74, 6) is 0. The van der Waals surface area contributed by atoms with Crippen LogP contribution >= 0.6 is 16.3 Å². The Hall–Kier alpha value is -2.34. The fourth-order valence-electron chi connectivity index (χ4n) is 3.73. The maximum Gasteiger partial charge on any atom is 0.0921 e. The molecule has 0 aliphatic carbocycles. The van der Waals surface area contributed by atoms with Gasteiger partial charge in [0.1, 0.15) is 0 Å². The van der Waals surface area contributed by atoms with E-state index in [1.165, 1.54) is 21.2 Å². The third-order valence-electron chi connectivity index (χ3n) is 5.51. The molecule has 4 aromatic carbocycles. The molecule has 0 spiro atoms. The Balaban J connectivity index is 1.40. The summed E-state index contributed by atoms with van der Waals surface area (Å²) < 4.78 is 13.3. The van der Waals surface area contributed by atoms with Crippen molar-refractivity contribution in [2.45, 2.75) is 38.9 Å². The molecule has 4 aromatic rings. The Morgan fingerprint density at radius 3 is 0.912 bits per heavy atom. The summed E-state index contributed by atoms with van der Waals surface area (Å²) in [6.45, 7) is 4.37. The van der Waals surface area contributed by atoms with Crippen molar-refractivity contribution in [1.29, 1.82) is 0 Å². The molecular formula is C30H32O2P2. The molecule has 4 rings (SSSR count). The van der Waals surface area contributed by atoms with Gasteiger partial charge in [0.15, 0.2) is 0 Å². The van der Waals surface area contributed by atoms with Crippen LogP contribution in [0.25, 0.3) is 0 Å². The van der Waals surface area contributed by atoms with Crippen LogP contribution < -0.4 is 21.2 Å². The van der Waals surface area contributed by atoms with Crippen molar-refractivity contribution in [1.82, 2.24) is 0 Å². The monoisotopic (exact) mass is 486 g/mol. The van der Waals surface area contributed by atoms with E-state index in [1.807, 2.05) is 0 Å². The first-order chi connectivity index (χ1) is 16.7. The molecule has 2 atom stereocenters. The smallest absolute Gasteiger partial charge is 0.0921 e. The molecule has 4 heteroatoms. The standard InChI is InChI=1S/C30H32O2P2/c1-25(31-33(27-15-7-3-8-16-27)28-17-9-4-10-18-28)23-24-26(2)32-34(29-19-11-5-12-20-29)30-21-13-6-14-22-30/h3-22,25-26H,23-24H2,1-2H3/t25-,26-/m1/s1. The second-order valence-electron chi connectivity index (χ2n) is 8.34. The highest BCUT2D eigenvalue weighted by atomic mass is 31.1. The lowest BCUT2D eigenvalue weighted by atomic mass is 10.1. The van der Waals surface area contributed by atoms with E-state index in [1.54, 1.807) is 0 Å². The van der Waals surface area contributed by atoms with Crippen molar-refractivity contribution in [3.8, 4) is 0 Å². The van der Waals surface area contributed by atoms with Gasteiger partial charge in [-0.2, -0.15) is 0 Å². The van der Waals surface area contributed by atoms with Gasteiger partial charge in [-0.1, -0.05) is 121 Å². The maximum atomic E-state index is 6.66. The Morgan fingerprint density at radius 2 is 0.676 bits per heavy atom. The predicted octanol–water partition coefficient (Wildman–Crippen LogP) is 6.67. The Kier molecular flexibility index (Phi) is 9.43. The lowest BCUT2D eigenvalue weighted by Gasteiger charge is -2.26. The van der Waals surface area contributed by atoms with E-state index >= 15 is 0 Å². The van der Waals surface area contributed by atoms with Crippen molar-refractivity contribution in [2.75, 3.05) is 0 Å². The summed E-state index contributed by atoms with van der Waals surface area (Å²) in [5, 5.41) is 4.99. The quantitative estimate of drug-likeness (QED) is 0.220. The molecule has 0 fully saturated rings. The highest BCUT2D eigenvalue weighted by molar-refractivity contribution is 7.68. The minimum absolute atomic E-state index is 0.136. The summed E-state index contributed by atoms with van der Waals surface area (Å²) in [5.41, 5.74) is 0. The molecule has 0 amide bonds. The van der Waals surface area contributed by atoms with E-state index in [9.17, 15) is 0 Å². The van der Waals surface area contributed by atoms with E-state index in [2.05, 4.69) is 135 Å². The van der Waals surface area contributed by atoms with Gasteiger partial charge in [0, 0.05) is 21.2 Å². The average Bonchev–Trinajstić information content (AvgIpc) is 2.91. The fourth-order valence-corrected chi connectivity index (χ4v) is 7.52. The summed E-state index contributed by atoms with van der Waals surface area (Å²) in [6, 6.07) is 42.3. The minimum Gasteiger partial charge on any atom is -0.347 e. The topological polar surface area (TPSA) is 18.5 Å². The zero-order valence-electron chi connectivity index (χ0n) is 19.8. The lowest BCUT2D eigenvalue weighted by Crippen LogP contribution is -2.21. The molecule has 0 saturated carbocycles. The molecule has 174 valence electrons. The van der Waals surface area contributed by atoms with Crippen LogP contribution in [0.4, 0.5) is 0 Å². The first kappa shape index (κ1) is 24.8. The predicted molar refractivity (Wildman–Crippen MR) is 148 cm³/mol. The van der Waals surface area contributed by atoms with Crippen molar-refractivity contribution in [3.05, 3.63) is 121 Å². The molecule has 0 radical (unpaired) electrons. The van der Waals surface area contributed by atoms with Gasteiger partial charge in [-0.15, -0.1) is 0 Å². The summed E-state index contributed by atoms with van der Waals surface area (Å²) in [7, 11) is -1.69. The number of benzene rings is 4. The van der Waals surface area contributed by atoms with Gasteiger partial charge in [0.05, 0.1) is 28.5 Å². The van der Waals surface area contributed by atoms with Crippen LogP contribution in [0, 0.1) is 0 Å². The maximum absolute atomic E-state index is 6.66. The summed E-state index contributed by atoms with van der Waals surface area (Å²) >= 11 is 0. The zero-order chi connectivity index (χ0) is 23.6. The molecule has 0 aliphatic rings. The zero-order valence-corrected chi connectivity index (χ0v) is 21.6. The summed E-state index contributed by atoms with van der Waals surface area (Å²) in [6.07, 6.45) is 2.17. The number of rotatable bonds is 11. The second kappa shape index (κ2) is 12.9. The molecule has 0 N–H and O–H groups in total. The molecule has 0 heterocycles. The van der Waals surface area contributed by atoms with Crippen LogP contribution in [0.1, 0.15) is 26.7 Å². The first-order valence-corrected chi connectivity index (χ1v) is 14.4. The van der Waals surface area contributed by atoms with Crippen LogP contribution in [-0.4, -0.2) is 12.2 Å². The van der Waals surface area contributed by atoms with E-state index in [-0.39, 0.29) is 12.2 Å². The fraction of sp³-hybridized carbons (Fsp3) is 0.200. The Bertz CT molecular complexity index is 922. The second-order valence-corrected chi connectivity index (χ2v) is 12.0. The number of hydrogen-bond donors (Lipinski definition) is 0. The van der Waals surface area contributed by atoms with Gasteiger partial charge < -0.3 is 9.05 Å². The van der Waals surface area contributed by atoms with Crippen molar-refractivity contribution in [3.63, 3.8) is 0 Å². The van der Waals surface area contributed by atoms with Crippen LogP contribution in [0.15, 0.2) is 121 Å². The van der Waals surface area contributed by atoms with Crippen LogP contribution in [-0.2, 0) is 9.05 Å². The molecule has 0 unspecified atom stereocenters. The van der Waals surface area contributed by atoms with Crippen LogP contribution in [0.2, 0.25) is 0 Å². The molecular weight excluding hydrogens is 454 g/mol. The largest absolute Gasteiger partial charge is 0.347 e. The normalized spacial score (nSPS) is 13.2. The van der Waals surface area contributed by atoms with Gasteiger partial charge in [0.2, 0.25) is 0 Å². The lowest BCUT2D eigenvalue weighted by molar-refractivity contribution is 0.186. The van der Waals surface area contributed by atoms with Crippen molar-refractivity contribution < 1.29 is 9.05 Å². The molecule has 34 heavy (non-hydrogen) atoms. The van der Waals surface area contributed by atoms with Crippen molar-refractivity contribution >= 4 is 37.5 Å². The van der Waals surface area contributed by atoms with E-state index < -0.39 is 16.3 Å². The van der Waals surface area contributed by atoms with Crippen LogP contribution in [0.5, 0.6) is 0 Å². The molecule has 0 bridgehead atoms. The van der Waals surface area contributed by atoms with Gasteiger partial charge in [-0.05, 0) is 26.7 Å². The number of hydrogen-bond acceptors (Lipinski definition) is 2. The van der Waals surface area contributed by atoms with Crippen LogP contribution in [0.3, 0.4) is 0 Å². The van der Waals surface area contributed by atoms with Gasteiger partial charge in [-0.25, -0.2) is 0 Å². The summed E-state index contributed by atoms with van der Waals surface area (Å²) in [4.78, 5) is 0. The molecule has 2 nitrogen and oxygen atoms in total. The van der Waals surface area contributed by atoms with E-state index in [0.717, 1.165) is 12.8 Å². The minimum atomic E-state index is -0.847. The molecule has 0 aromatic heterocycles. The SMILES string of the molecule is C[C@H](CC[C@@H](C)OP(c1ccccc1)c1ccccc1)OP(c1ccccc1)c1ccccc1. The molecule has 0 aliphatic heterocycles. The third kappa shape index (κ3) is 7.08. The van der Waals surface area contributed by atoms with Gasteiger partial charge in [0.25, 0.3) is 0 Å². The van der Waals surface area contributed by atoms with E-state index in [0.29, 0.717) is 0 Å². The highest BCUT2D eigenvalue weighted by Crippen LogP contribution is 2.39. The Morgan fingerprint density at radius 1 is 0.441 bits per heavy atom. The van der Waals surface area contributed by atoms with E-state index in [4.69, 9.17) is 9.05 Å².